The molecule has 7 heteroatoms. The molecule has 0 spiro atoms. The molecule has 0 aliphatic heterocycles. The van der Waals surface area contributed by atoms with E-state index in [1.807, 2.05) is 0 Å². The van der Waals surface area contributed by atoms with Gasteiger partial charge >= 0.3 is 11.9 Å². The second-order valence-electron chi connectivity index (χ2n) is 2.50. The van der Waals surface area contributed by atoms with E-state index in [1.165, 1.54) is 0 Å². The Morgan fingerprint density at radius 1 is 1.31 bits per heavy atom. The minimum absolute atomic E-state index is 0.876. The second-order valence-corrected chi connectivity index (χ2v) is 2.50. The quantitative estimate of drug-likeness (QED) is 0.379. The van der Waals surface area contributed by atoms with E-state index >= 15 is 0 Å². The first-order chi connectivity index (χ1) is 5.74. The van der Waals surface area contributed by atoms with E-state index in [-0.39, 0.29) is 0 Å². The van der Waals surface area contributed by atoms with E-state index in [9.17, 15) is 14.4 Å². The van der Waals surface area contributed by atoms with Crippen molar-refractivity contribution in [2.75, 3.05) is 0 Å². The molecule has 0 rings (SSSR count). The highest BCUT2D eigenvalue weighted by atomic mass is 16.4. The third-order valence-corrected chi connectivity index (χ3v) is 1.70. The van der Waals surface area contributed by atoms with Crippen molar-refractivity contribution >= 4 is 17.8 Å². The predicted octanol–water partition coefficient (Wildman–Crippen LogP) is -1.99. The lowest BCUT2D eigenvalue weighted by Gasteiger charge is -2.22. The number of hydrogen-bond acceptors (Lipinski definition) is 4. The Morgan fingerprint density at radius 2 is 1.69 bits per heavy atom. The van der Waals surface area contributed by atoms with E-state index < -0.39 is 29.4 Å². The number of rotatable bonds is 4. The molecule has 0 aromatic rings. The van der Waals surface area contributed by atoms with Crippen molar-refractivity contribution in [3.63, 3.8) is 0 Å². The van der Waals surface area contributed by atoms with Crippen LogP contribution in [0.2, 0.25) is 0 Å². The summed E-state index contributed by atoms with van der Waals surface area (Å²) in [7, 11) is 0. The van der Waals surface area contributed by atoms with Crippen LogP contribution in [0.3, 0.4) is 0 Å². The van der Waals surface area contributed by atoms with E-state index in [1.54, 1.807) is 0 Å². The maximum Gasteiger partial charge on any atom is 0.346 e. The van der Waals surface area contributed by atoms with Crippen LogP contribution in [0.1, 0.15) is 6.92 Å². The van der Waals surface area contributed by atoms with Gasteiger partial charge < -0.3 is 21.1 Å². The maximum absolute atomic E-state index is 10.5. The smallest absolute Gasteiger partial charge is 0.346 e. The average Bonchev–Trinajstić information content (AvgIpc) is 2.00. The number of carbonyl (C=O) groups excluding carboxylic acids is 1. The normalized spacial score (nSPS) is 17.1. The summed E-state index contributed by atoms with van der Waals surface area (Å²) in [6, 6.07) is 0. The summed E-state index contributed by atoms with van der Waals surface area (Å²) in [5.74, 6) is -7.00. The highest BCUT2D eigenvalue weighted by Gasteiger charge is 2.51. The largest absolute Gasteiger partial charge is 0.481 e. The van der Waals surface area contributed by atoms with Gasteiger partial charge in [0.15, 0.2) is 0 Å². The molecule has 13 heavy (non-hydrogen) atoms. The number of hydrogen-bond donors (Lipinski definition) is 4. The lowest BCUT2D eigenvalue weighted by molar-refractivity contribution is -0.177. The standard InChI is InChI=1S/C6H9NO6/c1-2(3(8)9)6(13,4(7)10)5(11)12/h2,13H,1H3,(H2,7,10)(H,8,9)(H,11,12). The van der Waals surface area contributed by atoms with E-state index in [0.29, 0.717) is 0 Å². The van der Waals surface area contributed by atoms with Crippen LogP contribution >= 0.6 is 0 Å². The number of amides is 1. The molecule has 0 saturated heterocycles. The molecule has 0 aliphatic carbocycles. The van der Waals surface area contributed by atoms with Crippen molar-refractivity contribution in [2.45, 2.75) is 12.5 Å². The minimum atomic E-state index is -3.06. The van der Waals surface area contributed by atoms with Crippen LogP contribution in [0.15, 0.2) is 0 Å². The zero-order valence-corrected chi connectivity index (χ0v) is 6.72. The molecule has 2 unspecified atom stereocenters. The van der Waals surface area contributed by atoms with Gasteiger partial charge in [-0.3, -0.25) is 9.59 Å². The summed E-state index contributed by atoms with van der Waals surface area (Å²) in [5, 5.41) is 25.9. The molecule has 0 saturated carbocycles. The summed E-state index contributed by atoms with van der Waals surface area (Å²) < 4.78 is 0. The summed E-state index contributed by atoms with van der Waals surface area (Å²) in [6.45, 7) is 0.876. The molecular formula is C6H9NO6. The molecule has 0 bridgehead atoms. The summed E-state index contributed by atoms with van der Waals surface area (Å²) in [5.41, 5.74) is 1.51. The topological polar surface area (TPSA) is 138 Å². The van der Waals surface area contributed by atoms with Crippen LogP contribution in [0, 0.1) is 5.92 Å². The number of aliphatic carboxylic acids is 2. The molecule has 0 aromatic heterocycles. The monoisotopic (exact) mass is 191 g/mol. The highest BCUT2D eigenvalue weighted by molar-refractivity contribution is 6.07. The predicted molar refractivity (Wildman–Crippen MR) is 38.6 cm³/mol. The second kappa shape index (κ2) is 3.40. The number of carbonyl (C=O) groups is 3. The van der Waals surface area contributed by atoms with Gasteiger partial charge in [0.1, 0.15) is 5.92 Å². The van der Waals surface area contributed by atoms with Gasteiger partial charge in [-0.1, -0.05) is 0 Å². The van der Waals surface area contributed by atoms with Crippen molar-refractivity contribution in [3.8, 4) is 0 Å². The first kappa shape index (κ1) is 11.4. The number of aliphatic hydroxyl groups is 1. The first-order valence-corrected chi connectivity index (χ1v) is 3.23. The molecular weight excluding hydrogens is 182 g/mol. The number of nitrogens with two attached hydrogens (primary N) is 1. The zero-order chi connectivity index (χ0) is 10.8. The Labute approximate surface area is 72.8 Å². The summed E-state index contributed by atoms with van der Waals surface area (Å²) >= 11 is 0. The Bertz CT molecular complexity index is 246. The fourth-order valence-corrected chi connectivity index (χ4v) is 0.683. The van der Waals surface area contributed by atoms with Crippen LogP contribution in [-0.4, -0.2) is 38.8 Å². The van der Waals surface area contributed by atoms with Crippen LogP contribution in [0.25, 0.3) is 0 Å². The van der Waals surface area contributed by atoms with Gasteiger partial charge in [-0.15, -0.1) is 0 Å². The number of carboxylic acid groups (broad SMARTS) is 2. The van der Waals surface area contributed by atoms with Gasteiger partial charge in [-0.25, -0.2) is 4.79 Å². The fourth-order valence-electron chi connectivity index (χ4n) is 0.683. The molecule has 0 heterocycles. The summed E-state index contributed by atoms with van der Waals surface area (Å²) in [4.78, 5) is 31.3. The van der Waals surface area contributed by atoms with Crippen LogP contribution in [-0.2, 0) is 14.4 Å². The van der Waals surface area contributed by atoms with Gasteiger partial charge in [-0.05, 0) is 6.92 Å². The van der Waals surface area contributed by atoms with E-state index in [0.717, 1.165) is 6.92 Å². The van der Waals surface area contributed by atoms with Crippen molar-refractivity contribution in [1.29, 1.82) is 0 Å². The van der Waals surface area contributed by atoms with E-state index in [4.69, 9.17) is 15.3 Å². The summed E-state index contributed by atoms with van der Waals surface area (Å²) in [6.07, 6.45) is 0. The molecule has 0 aliphatic rings. The van der Waals surface area contributed by atoms with Gasteiger partial charge in [-0.2, -0.15) is 0 Å². The molecule has 7 nitrogen and oxygen atoms in total. The number of primary amides is 1. The third-order valence-electron chi connectivity index (χ3n) is 1.70. The Kier molecular flexibility index (Phi) is 2.97. The minimum Gasteiger partial charge on any atom is -0.481 e. The molecule has 0 radical (unpaired) electrons. The third kappa shape index (κ3) is 1.75. The Morgan fingerprint density at radius 3 is 1.77 bits per heavy atom. The molecule has 2 atom stereocenters. The lowest BCUT2D eigenvalue weighted by atomic mass is 9.88. The van der Waals surface area contributed by atoms with Gasteiger partial charge in [0.25, 0.3) is 11.5 Å². The van der Waals surface area contributed by atoms with Crippen molar-refractivity contribution in [3.05, 3.63) is 0 Å². The first-order valence-electron chi connectivity index (χ1n) is 3.23. The molecule has 0 fully saturated rings. The Hall–Kier alpha value is -1.63. The average molecular weight is 191 g/mol. The molecule has 0 aromatic carbocycles. The SMILES string of the molecule is CC(C(=O)O)C(O)(C(N)=O)C(=O)O. The lowest BCUT2D eigenvalue weighted by Crippen LogP contribution is -2.57. The van der Waals surface area contributed by atoms with Gasteiger partial charge in [0.2, 0.25) is 0 Å². The van der Waals surface area contributed by atoms with Crippen molar-refractivity contribution in [2.24, 2.45) is 11.7 Å². The molecule has 1 amide bonds. The number of carboxylic acids is 2. The van der Waals surface area contributed by atoms with Crippen molar-refractivity contribution in [1.82, 2.24) is 0 Å². The van der Waals surface area contributed by atoms with Gasteiger partial charge in [0, 0.05) is 0 Å². The zero-order valence-electron chi connectivity index (χ0n) is 6.72. The van der Waals surface area contributed by atoms with Crippen LogP contribution in [0.4, 0.5) is 0 Å². The fraction of sp³-hybridized carbons (Fsp3) is 0.500. The molecule has 74 valence electrons. The van der Waals surface area contributed by atoms with Crippen LogP contribution < -0.4 is 5.73 Å². The van der Waals surface area contributed by atoms with Crippen molar-refractivity contribution < 1.29 is 29.7 Å². The maximum atomic E-state index is 10.5. The van der Waals surface area contributed by atoms with Gasteiger partial charge in [0.05, 0.1) is 0 Å². The highest BCUT2D eigenvalue weighted by Crippen LogP contribution is 2.17. The van der Waals surface area contributed by atoms with Crippen LogP contribution in [0.5, 0.6) is 0 Å². The molecule has 5 N–H and O–H groups in total. The van der Waals surface area contributed by atoms with E-state index in [2.05, 4.69) is 5.73 Å². The Balaban J connectivity index is 5.13.